The van der Waals surface area contributed by atoms with Crippen LogP contribution in [0.15, 0.2) is 24.5 Å². The van der Waals surface area contributed by atoms with Crippen LogP contribution in [0.1, 0.15) is 188 Å². The van der Waals surface area contributed by atoms with Gasteiger partial charge < -0.3 is 89.0 Å². The highest BCUT2D eigenvalue weighted by atomic mass is 28.4. The Hall–Kier alpha value is -5.97. The minimum atomic E-state index is -2.02. The zero-order valence-corrected chi connectivity index (χ0v) is 62.4. The maximum Gasteiger partial charge on any atom is 0.407 e. The number of hydrogen-bond donors (Lipinski definition) is 8. The summed E-state index contributed by atoms with van der Waals surface area (Å²) in [6.07, 6.45) is 19.6. The maximum absolute atomic E-state index is 12.3. The minimum absolute atomic E-state index is 0.0150. The topological polar surface area (TPSA) is 353 Å². The molecule has 0 rings (SSSR count). The molecule has 0 aromatic rings. The molecule has 0 bridgehead atoms. The fourth-order valence-electron chi connectivity index (χ4n) is 9.06. The molecule has 0 aromatic carbocycles. The molecule has 0 aliphatic rings. The molecule has 0 saturated heterocycles. The van der Waals surface area contributed by atoms with E-state index in [-0.39, 0.29) is 95.3 Å². The molecule has 0 atom stereocenters. The van der Waals surface area contributed by atoms with Crippen LogP contribution in [-0.2, 0) is 71.2 Å². The van der Waals surface area contributed by atoms with E-state index in [1.165, 1.54) is 0 Å². The summed E-state index contributed by atoms with van der Waals surface area (Å²) in [6.45, 7) is 26.0. The number of hydrogen-bond acceptors (Lipinski definition) is 23. The van der Waals surface area contributed by atoms with Crippen molar-refractivity contribution in [2.75, 3.05) is 138 Å². The smallest absolute Gasteiger partial charge is 0.407 e. The van der Waals surface area contributed by atoms with Gasteiger partial charge in [-0.05, 0) is 144 Å². The van der Waals surface area contributed by atoms with Gasteiger partial charge in [-0.1, -0.05) is 96.3 Å². The van der Waals surface area contributed by atoms with E-state index in [0.29, 0.717) is 74.2 Å². The highest BCUT2D eigenvalue weighted by Gasteiger charge is 2.31. The molecule has 0 heterocycles. The van der Waals surface area contributed by atoms with Gasteiger partial charge in [-0.25, -0.2) is 43.3 Å². The number of carbonyl (C=O) groups is 8. The van der Waals surface area contributed by atoms with Gasteiger partial charge in [-0.3, -0.25) is 10.1 Å². The second kappa shape index (κ2) is 65.6. The van der Waals surface area contributed by atoms with E-state index < -0.39 is 38.7 Å². The summed E-state index contributed by atoms with van der Waals surface area (Å²) in [5.41, 5.74) is 0.289. The van der Waals surface area contributed by atoms with Gasteiger partial charge in [-0.15, -0.1) is 0 Å². The van der Waals surface area contributed by atoms with Crippen LogP contribution in [0.2, 0.25) is 25.2 Å². The van der Waals surface area contributed by atoms with Gasteiger partial charge in [0.25, 0.3) is 0 Å². The van der Waals surface area contributed by atoms with Crippen LogP contribution in [0.5, 0.6) is 0 Å². The van der Waals surface area contributed by atoms with Crippen molar-refractivity contribution in [3.8, 4) is 0 Å². The molecule has 29 nitrogen and oxygen atoms in total. The average molecular weight is 1440 g/mol. The van der Waals surface area contributed by atoms with E-state index in [2.05, 4.69) is 82.6 Å². The van der Waals surface area contributed by atoms with Crippen molar-refractivity contribution in [2.24, 2.45) is 0 Å². The standard InChI is InChI=1S/C67H126N8O21Si2/c1-57(2)60(77)86-47-48-90-64(81)74-40-27-18-16-23-36-69-55-95-94-52-51-85-59(76)33-21-30-35-68-34-22-15-17-26-39-71-62(79)88-44-32-54-98(7,8)96-67(5,6)97-53-31-43-87-61(78)70-37-24-13-11-9-10-12-14-25-38-73-65(82)91-49-50-92-66(83)75-42-29-20-19-28-41-72-63(80)89-46-45-84-56-93-58(3)4/h68-69H,1,3,9-56H2,2,4-8H3,(H,70,78)(H,71,79)(H,72,80)(H,73,82)(H,74,81)(H,75,83). The van der Waals surface area contributed by atoms with Gasteiger partial charge in [-0.2, -0.15) is 0 Å². The number of nitrogens with one attached hydrogen (secondary N) is 8. The lowest BCUT2D eigenvalue weighted by molar-refractivity contribution is -0.302. The number of amides is 6. The third-order valence-electron chi connectivity index (χ3n) is 14.1. The monoisotopic (exact) mass is 1430 g/mol. The molecule has 8 N–H and O–H groups in total. The van der Waals surface area contributed by atoms with Crippen LogP contribution in [-0.4, -0.2) is 210 Å². The van der Waals surface area contributed by atoms with Crippen LogP contribution in [0.3, 0.4) is 0 Å². The molecule has 6 amide bonds. The number of unbranched alkanes of at least 4 members (excludes halogenated alkanes) is 17. The second-order valence-corrected chi connectivity index (χ2v) is 30.8. The summed E-state index contributed by atoms with van der Waals surface area (Å²) in [5.74, 6) is -0.230. The first-order chi connectivity index (χ1) is 47.2. The fourth-order valence-corrected chi connectivity index (χ4v) is 13.6. The Balaban J connectivity index is 3.59. The van der Waals surface area contributed by atoms with Gasteiger partial charge in [0.15, 0.2) is 15.1 Å². The molecule has 0 aliphatic carbocycles. The molecule has 0 fully saturated rings. The lowest BCUT2D eigenvalue weighted by Crippen LogP contribution is -2.44. The first kappa shape index (κ1) is 92.0. The lowest BCUT2D eigenvalue weighted by Gasteiger charge is -2.35. The molecule has 0 aromatic heterocycles. The molecular weight excluding hydrogens is 1310 g/mol. The Morgan fingerprint density at radius 3 is 1.16 bits per heavy atom. The van der Waals surface area contributed by atoms with E-state index in [4.69, 9.17) is 61.6 Å². The molecular formula is C67H126N8O21Si2. The van der Waals surface area contributed by atoms with Crippen molar-refractivity contribution in [3.05, 3.63) is 24.5 Å². The number of alkyl carbamates (subject to hydrolysis) is 6. The Morgan fingerprint density at radius 1 is 0.378 bits per heavy atom. The molecule has 0 unspecified atom stereocenters. The molecule has 98 heavy (non-hydrogen) atoms. The third-order valence-corrected chi connectivity index (χ3v) is 18.5. The summed E-state index contributed by atoms with van der Waals surface area (Å²) in [4.78, 5) is 105. The van der Waals surface area contributed by atoms with Crippen LogP contribution in [0, 0.1) is 0 Å². The molecule has 31 heteroatoms. The highest BCUT2D eigenvalue weighted by molar-refractivity contribution is 6.71. The van der Waals surface area contributed by atoms with Gasteiger partial charge >= 0.3 is 48.5 Å². The Kier molecular flexibility index (Phi) is 61.6. The van der Waals surface area contributed by atoms with Crippen LogP contribution in [0.4, 0.5) is 28.8 Å². The first-order valence-corrected chi connectivity index (χ1v) is 39.9. The zero-order chi connectivity index (χ0) is 72.3. The predicted octanol–water partition coefficient (Wildman–Crippen LogP) is 10.4. The second-order valence-electron chi connectivity index (χ2n) is 24.5. The average Bonchev–Trinajstić information content (AvgIpc) is 0.892. The molecule has 0 saturated carbocycles. The summed E-state index contributed by atoms with van der Waals surface area (Å²) >= 11 is 0. The van der Waals surface area contributed by atoms with Gasteiger partial charge in [0.1, 0.15) is 53.0 Å². The largest absolute Gasteiger partial charge is 0.473 e. The Bertz CT molecular complexity index is 2110. The number of allylic oxidation sites excluding steroid dienone is 1. The van der Waals surface area contributed by atoms with E-state index in [1.807, 2.05) is 0 Å². The van der Waals surface area contributed by atoms with E-state index in [1.54, 1.807) is 13.8 Å². The molecule has 2 radical (unpaired) electrons. The van der Waals surface area contributed by atoms with E-state index >= 15 is 0 Å². The minimum Gasteiger partial charge on any atom is -0.473 e. The number of carbonyl (C=O) groups excluding carboxylic acids is 8. The Morgan fingerprint density at radius 2 is 0.735 bits per heavy atom. The number of ether oxygens (including phenoxy) is 10. The third kappa shape index (κ3) is 68.6. The summed E-state index contributed by atoms with van der Waals surface area (Å²) in [7, 11) is -1.47. The normalized spacial score (nSPS) is 11.2. The maximum atomic E-state index is 12.3. The van der Waals surface area contributed by atoms with Gasteiger partial charge in [0.05, 0.1) is 35.1 Å². The molecule has 0 aliphatic heterocycles. The van der Waals surface area contributed by atoms with Crippen molar-refractivity contribution >= 4 is 66.3 Å². The summed E-state index contributed by atoms with van der Waals surface area (Å²) < 4.78 is 57.8. The predicted molar refractivity (Wildman–Crippen MR) is 376 cm³/mol. The van der Waals surface area contributed by atoms with Crippen LogP contribution >= 0.6 is 0 Å². The summed E-state index contributed by atoms with van der Waals surface area (Å²) in [5, 5.41) is 22.7. The Labute approximate surface area is 588 Å². The first-order valence-electron chi connectivity index (χ1n) is 35.6. The van der Waals surface area contributed by atoms with Crippen LogP contribution < -0.4 is 42.5 Å². The molecule has 568 valence electrons. The summed E-state index contributed by atoms with van der Waals surface area (Å²) in [6, 6.07) is 1.76. The van der Waals surface area contributed by atoms with Crippen molar-refractivity contribution in [3.63, 3.8) is 0 Å². The SMILES string of the molecule is C=C(C)OCOCCOC(=O)NCCCCCCNC(=O)OCCOC(=O)NCCCCCCCCCCNC(=O)OCCC[Si]C(C)(C)O[Si](C)(C)CCCOC(=O)NCCCCCCNCCCCC(=O)OCCOOCNCCCCCCNC(=O)OCCOC(=O)C(=C)C. The quantitative estimate of drug-likeness (QED) is 0.00323. The lowest BCUT2D eigenvalue weighted by atomic mass is 10.1. The fraction of sp³-hybridized carbons (Fsp3) is 0.821. The number of esters is 2. The molecule has 0 spiro atoms. The number of rotatable bonds is 67. The van der Waals surface area contributed by atoms with Crippen molar-refractivity contribution < 1.29 is 99.9 Å². The van der Waals surface area contributed by atoms with Crippen molar-refractivity contribution in [1.29, 1.82) is 0 Å². The van der Waals surface area contributed by atoms with E-state index in [9.17, 15) is 38.4 Å². The van der Waals surface area contributed by atoms with Crippen LogP contribution in [0.25, 0.3) is 0 Å². The van der Waals surface area contributed by atoms with Crippen molar-refractivity contribution in [2.45, 2.75) is 219 Å². The van der Waals surface area contributed by atoms with E-state index in [0.717, 1.165) is 186 Å². The zero-order valence-electron chi connectivity index (χ0n) is 60.4. The van der Waals surface area contributed by atoms with Gasteiger partial charge in [0, 0.05) is 56.5 Å². The van der Waals surface area contributed by atoms with Crippen molar-refractivity contribution in [1.82, 2.24) is 42.5 Å². The highest BCUT2D eigenvalue weighted by Crippen LogP contribution is 2.23. The van der Waals surface area contributed by atoms with Gasteiger partial charge in [0.2, 0.25) is 0 Å².